The maximum absolute atomic E-state index is 12.8. The Hall–Kier alpha value is -1.72. The molecule has 0 saturated heterocycles. The van der Waals surface area contributed by atoms with Gasteiger partial charge in [0.25, 0.3) is 0 Å². The fourth-order valence-electron chi connectivity index (χ4n) is 2.65. The van der Waals surface area contributed by atoms with Crippen LogP contribution < -0.4 is 10.6 Å². The molecule has 2 aromatic rings. The van der Waals surface area contributed by atoms with E-state index < -0.39 is 0 Å². The summed E-state index contributed by atoms with van der Waals surface area (Å²) in [4.78, 5) is 13.4. The first-order valence-electron chi connectivity index (χ1n) is 7.07. The highest BCUT2D eigenvalue weighted by Gasteiger charge is 2.21. The van der Waals surface area contributed by atoms with Gasteiger partial charge in [0, 0.05) is 16.6 Å². The van der Waals surface area contributed by atoms with Gasteiger partial charge in [-0.3, -0.25) is 4.79 Å². The van der Waals surface area contributed by atoms with Crippen LogP contribution in [0.1, 0.15) is 29.3 Å². The van der Waals surface area contributed by atoms with Crippen molar-refractivity contribution in [2.75, 3.05) is 11.9 Å². The van der Waals surface area contributed by atoms with Crippen molar-refractivity contribution in [3.63, 3.8) is 0 Å². The Morgan fingerprint density at radius 2 is 2.10 bits per heavy atom. The fourth-order valence-corrected chi connectivity index (χ4v) is 3.64. The minimum Gasteiger partial charge on any atom is -0.325 e. The van der Waals surface area contributed by atoms with Crippen LogP contribution in [0.4, 0.5) is 10.1 Å². The third kappa shape index (κ3) is 3.49. The smallest absolute Gasteiger partial charge is 0.238 e. The normalized spacial score (nSPS) is 17.3. The van der Waals surface area contributed by atoms with Crippen molar-refractivity contribution in [3.8, 4) is 0 Å². The lowest BCUT2D eigenvalue weighted by Gasteiger charge is -2.23. The Morgan fingerprint density at radius 3 is 2.90 bits per heavy atom. The third-order valence-electron chi connectivity index (χ3n) is 3.69. The maximum Gasteiger partial charge on any atom is 0.238 e. The average Bonchev–Trinajstić information content (AvgIpc) is 2.96. The number of amides is 1. The number of carbonyl (C=O) groups is 1. The molecule has 1 aromatic heterocycles. The van der Waals surface area contributed by atoms with Gasteiger partial charge in [0.1, 0.15) is 5.82 Å². The van der Waals surface area contributed by atoms with Gasteiger partial charge in [-0.2, -0.15) is 0 Å². The highest BCUT2D eigenvalue weighted by Crippen LogP contribution is 2.33. The minimum atomic E-state index is -0.307. The summed E-state index contributed by atoms with van der Waals surface area (Å²) in [6.07, 6.45) is 3.37. The molecule has 1 aliphatic carbocycles. The molecule has 1 amide bonds. The number of hydrogen-bond acceptors (Lipinski definition) is 3. The zero-order valence-electron chi connectivity index (χ0n) is 11.6. The summed E-state index contributed by atoms with van der Waals surface area (Å²) in [5, 5.41) is 8.19. The molecule has 2 N–H and O–H groups in total. The van der Waals surface area contributed by atoms with Gasteiger partial charge >= 0.3 is 0 Å². The first kappa shape index (κ1) is 14.2. The van der Waals surface area contributed by atoms with E-state index >= 15 is 0 Å². The highest BCUT2D eigenvalue weighted by atomic mass is 32.1. The van der Waals surface area contributed by atoms with Crippen LogP contribution in [0.25, 0.3) is 0 Å². The van der Waals surface area contributed by atoms with E-state index in [9.17, 15) is 9.18 Å². The Balaban J connectivity index is 1.54. The molecule has 0 fully saturated rings. The van der Waals surface area contributed by atoms with Gasteiger partial charge in [-0.1, -0.05) is 0 Å². The quantitative estimate of drug-likeness (QED) is 0.908. The summed E-state index contributed by atoms with van der Waals surface area (Å²) in [6, 6.07) is 8.20. The molecule has 5 heteroatoms. The second kappa shape index (κ2) is 6.37. The average molecular weight is 304 g/mol. The second-order valence-corrected chi connectivity index (χ2v) is 6.18. The molecule has 0 radical (unpaired) electrons. The summed E-state index contributed by atoms with van der Waals surface area (Å²) in [6.45, 7) is 0.261. The van der Waals surface area contributed by atoms with Gasteiger partial charge in [-0.15, -0.1) is 11.3 Å². The number of rotatable bonds is 4. The predicted molar refractivity (Wildman–Crippen MR) is 83.0 cm³/mol. The predicted octanol–water partition coefficient (Wildman–Crippen LogP) is 3.49. The van der Waals surface area contributed by atoms with E-state index in [1.807, 2.05) is 0 Å². The first-order chi connectivity index (χ1) is 10.2. The monoisotopic (exact) mass is 304 g/mol. The van der Waals surface area contributed by atoms with Crippen LogP contribution in [0.15, 0.2) is 35.7 Å². The molecule has 3 rings (SSSR count). The molecule has 21 heavy (non-hydrogen) atoms. The van der Waals surface area contributed by atoms with Crippen LogP contribution in [0.2, 0.25) is 0 Å². The van der Waals surface area contributed by atoms with Crippen molar-refractivity contribution in [3.05, 3.63) is 52.0 Å². The summed E-state index contributed by atoms with van der Waals surface area (Å²) >= 11 is 1.79. The van der Waals surface area contributed by atoms with Gasteiger partial charge in [-0.05, 0) is 60.5 Å². The SMILES string of the molecule is O=C(CNC1CCCc2sccc21)Nc1ccc(F)cc1. The van der Waals surface area contributed by atoms with Crippen LogP contribution in [-0.2, 0) is 11.2 Å². The Bertz CT molecular complexity index is 623. The topological polar surface area (TPSA) is 41.1 Å². The molecule has 3 nitrogen and oxygen atoms in total. The first-order valence-corrected chi connectivity index (χ1v) is 7.95. The second-order valence-electron chi connectivity index (χ2n) is 5.18. The zero-order valence-corrected chi connectivity index (χ0v) is 12.4. The molecular formula is C16H17FN2OS. The number of hydrogen-bond donors (Lipinski definition) is 2. The van der Waals surface area contributed by atoms with E-state index in [-0.39, 0.29) is 24.3 Å². The lowest BCUT2D eigenvalue weighted by molar-refractivity contribution is -0.115. The highest BCUT2D eigenvalue weighted by molar-refractivity contribution is 7.10. The summed E-state index contributed by atoms with van der Waals surface area (Å²) in [7, 11) is 0. The van der Waals surface area contributed by atoms with Crippen molar-refractivity contribution in [1.82, 2.24) is 5.32 Å². The number of anilines is 1. The zero-order chi connectivity index (χ0) is 14.7. The van der Waals surface area contributed by atoms with E-state index in [1.165, 1.54) is 22.6 Å². The Morgan fingerprint density at radius 1 is 1.29 bits per heavy atom. The van der Waals surface area contributed by atoms with Crippen molar-refractivity contribution < 1.29 is 9.18 Å². The largest absolute Gasteiger partial charge is 0.325 e. The minimum absolute atomic E-state index is 0.107. The van der Waals surface area contributed by atoms with Gasteiger partial charge in [0.2, 0.25) is 5.91 Å². The fraction of sp³-hybridized carbons (Fsp3) is 0.312. The van der Waals surface area contributed by atoms with E-state index in [0.717, 1.165) is 19.3 Å². The summed E-state index contributed by atoms with van der Waals surface area (Å²) in [5.74, 6) is -0.415. The van der Waals surface area contributed by atoms with Gasteiger partial charge in [-0.25, -0.2) is 4.39 Å². The summed E-state index contributed by atoms with van der Waals surface area (Å²) in [5.41, 5.74) is 1.95. The number of thiophene rings is 1. The molecule has 0 bridgehead atoms. The van der Waals surface area contributed by atoms with Crippen LogP contribution in [0.5, 0.6) is 0 Å². The third-order valence-corrected chi connectivity index (χ3v) is 4.69. The van der Waals surface area contributed by atoms with E-state index in [0.29, 0.717) is 5.69 Å². The molecule has 1 heterocycles. The van der Waals surface area contributed by atoms with Gasteiger partial charge in [0.05, 0.1) is 6.54 Å². The number of fused-ring (bicyclic) bond motifs is 1. The van der Waals surface area contributed by atoms with Crippen molar-refractivity contribution in [2.24, 2.45) is 0 Å². The number of carbonyl (C=O) groups excluding carboxylic acids is 1. The van der Waals surface area contributed by atoms with Crippen LogP contribution in [0.3, 0.4) is 0 Å². The number of aryl methyl sites for hydroxylation is 1. The molecule has 110 valence electrons. The summed E-state index contributed by atoms with van der Waals surface area (Å²) < 4.78 is 12.8. The van der Waals surface area contributed by atoms with E-state index in [2.05, 4.69) is 22.1 Å². The lowest BCUT2D eigenvalue weighted by Crippen LogP contribution is -2.32. The molecule has 1 atom stereocenters. The molecule has 0 saturated carbocycles. The molecule has 0 spiro atoms. The molecule has 0 aliphatic heterocycles. The van der Waals surface area contributed by atoms with E-state index in [1.54, 1.807) is 23.5 Å². The van der Waals surface area contributed by atoms with Crippen LogP contribution in [0, 0.1) is 5.82 Å². The number of benzene rings is 1. The molecule has 1 unspecified atom stereocenters. The molecule has 1 aliphatic rings. The molecular weight excluding hydrogens is 287 g/mol. The van der Waals surface area contributed by atoms with Crippen molar-refractivity contribution >= 4 is 22.9 Å². The Kier molecular flexibility index (Phi) is 4.31. The maximum atomic E-state index is 12.8. The van der Waals surface area contributed by atoms with Crippen molar-refractivity contribution in [2.45, 2.75) is 25.3 Å². The number of halogens is 1. The van der Waals surface area contributed by atoms with Gasteiger partial charge in [0.15, 0.2) is 0 Å². The number of nitrogens with one attached hydrogen (secondary N) is 2. The standard InChI is InChI=1S/C16H17FN2OS/c17-11-4-6-12(7-5-11)19-16(20)10-18-14-2-1-3-15-13(14)8-9-21-15/h4-9,14,18H,1-3,10H2,(H,19,20). The van der Waals surface area contributed by atoms with Crippen LogP contribution in [-0.4, -0.2) is 12.5 Å². The van der Waals surface area contributed by atoms with Crippen LogP contribution >= 0.6 is 11.3 Å². The van der Waals surface area contributed by atoms with Gasteiger partial charge < -0.3 is 10.6 Å². The van der Waals surface area contributed by atoms with E-state index in [4.69, 9.17) is 0 Å². The molecule has 1 aromatic carbocycles. The van der Waals surface area contributed by atoms with Crippen molar-refractivity contribution in [1.29, 1.82) is 0 Å². The Labute approximate surface area is 127 Å². The lowest BCUT2D eigenvalue weighted by atomic mass is 9.94.